The quantitative estimate of drug-likeness (QED) is 0.844. The van der Waals surface area contributed by atoms with Gasteiger partial charge < -0.3 is 10.2 Å². The number of carbonyl (C=O) groups is 1. The van der Waals surface area contributed by atoms with Gasteiger partial charge in [0.05, 0.1) is 5.02 Å². The summed E-state index contributed by atoms with van der Waals surface area (Å²) in [6.07, 6.45) is 6.19. The molecule has 0 aromatic carbocycles. The molecule has 1 amide bonds. The fraction of sp³-hybridized carbons (Fsp3) is 0.615. The summed E-state index contributed by atoms with van der Waals surface area (Å²) < 4.78 is 0. The third kappa shape index (κ3) is 2.44. The van der Waals surface area contributed by atoms with Crippen LogP contribution in [0.25, 0.3) is 0 Å². The summed E-state index contributed by atoms with van der Waals surface area (Å²) in [7, 11) is 0. The lowest BCUT2D eigenvalue weighted by atomic mass is 9.78. The maximum atomic E-state index is 12.4. The second-order valence-electron chi connectivity index (χ2n) is 5.44. The van der Waals surface area contributed by atoms with Crippen molar-refractivity contribution in [3.63, 3.8) is 0 Å². The Morgan fingerprint density at radius 1 is 1.37 bits per heavy atom. The number of hydrogen-bond acceptors (Lipinski definition) is 4. The first kappa shape index (κ1) is 12.8. The van der Waals surface area contributed by atoms with E-state index in [1.54, 1.807) is 0 Å². The van der Waals surface area contributed by atoms with Gasteiger partial charge in [-0.3, -0.25) is 4.79 Å². The van der Waals surface area contributed by atoms with E-state index >= 15 is 0 Å². The molecule has 3 rings (SSSR count). The average molecular weight is 281 g/mol. The molecule has 1 aromatic rings. The SMILES string of the molecule is O=C(c1ncncc1Cl)N1CCC2(CCNC2)CC1. The van der Waals surface area contributed by atoms with Crippen LogP contribution in [0, 0.1) is 5.41 Å². The molecule has 1 N–H and O–H groups in total. The molecule has 2 saturated heterocycles. The number of carbonyl (C=O) groups excluding carboxylic acids is 1. The van der Waals surface area contributed by atoms with Gasteiger partial charge in [0.15, 0.2) is 0 Å². The van der Waals surface area contributed by atoms with Crippen molar-refractivity contribution in [2.24, 2.45) is 5.41 Å². The van der Waals surface area contributed by atoms with Crippen molar-refractivity contribution in [2.45, 2.75) is 19.3 Å². The third-order valence-electron chi connectivity index (χ3n) is 4.31. The average Bonchev–Trinajstić information content (AvgIpc) is 2.88. The lowest BCUT2D eigenvalue weighted by molar-refractivity contribution is 0.0602. The minimum atomic E-state index is -0.0757. The Morgan fingerprint density at radius 2 is 2.16 bits per heavy atom. The van der Waals surface area contributed by atoms with Gasteiger partial charge in [0.2, 0.25) is 0 Å². The molecule has 1 spiro atoms. The standard InChI is InChI=1S/C13H17ClN4O/c14-10-7-16-9-17-11(10)12(19)18-5-2-13(3-6-18)1-4-15-8-13/h7,9,15H,1-6,8H2. The zero-order valence-corrected chi connectivity index (χ0v) is 11.5. The largest absolute Gasteiger partial charge is 0.337 e. The number of aromatic nitrogens is 2. The molecule has 3 heterocycles. The molecule has 102 valence electrons. The molecule has 0 saturated carbocycles. The molecule has 0 aliphatic carbocycles. The summed E-state index contributed by atoms with van der Waals surface area (Å²) in [5.41, 5.74) is 0.726. The van der Waals surface area contributed by atoms with Crippen LogP contribution in [0.3, 0.4) is 0 Å². The van der Waals surface area contributed by atoms with Gasteiger partial charge in [-0.15, -0.1) is 0 Å². The highest BCUT2D eigenvalue weighted by molar-refractivity contribution is 6.33. The minimum absolute atomic E-state index is 0.0757. The van der Waals surface area contributed by atoms with Gasteiger partial charge in [0, 0.05) is 25.8 Å². The maximum absolute atomic E-state index is 12.4. The Hall–Kier alpha value is -1.20. The topological polar surface area (TPSA) is 58.1 Å². The molecular weight excluding hydrogens is 264 g/mol. The van der Waals surface area contributed by atoms with E-state index in [0.29, 0.717) is 16.1 Å². The number of likely N-dealkylation sites (tertiary alicyclic amines) is 1. The van der Waals surface area contributed by atoms with Crippen LogP contribution in [-0.2, 0) is 0 Å². The maximum Gasteiger partial charge on any atom is 0.274 e. The summed E-state index contributed by atoms with van der Waals surface area (Å²) in [6.45, 7) is 3.77. The van der Waals surface area contributed by atoms with Crippen LogP contribution in [0.15, 0.2) is 12.5 Å². The van der Waals surface area contributed by atoms with E-state index in [2.05, 4.69) is 15.3 Å². The molecule has 0 unspecified atom stereocenters. The molecule has 6 heteroatoms. The van der Waals surface area contributed by atoms with Crippen molar-refractivity contribution in [1.82, 2.24) is 20.2 Å². The number of nitrogens with one attached hydrogen (secondary N) is 1. The molecule has 2 aliphatic rings. The van der Waals surface area contributed by atoms with Crippen molar-refractivity contribution in [3.05, 3.63) is 23.2 Å². The summed E-state index contributed by atoms with van der Waals surface area (Å²) in [4.78, 5) is 22.0. The van der Waals surface area contributed by atoms with E-state index < -0.39 is 0 Å². The zero-order chi connectivity index (χ0) is 13.3. The minimum Gasteiger partial charge on any atom is -0.337 e. The van der Waals surface area contributed by atoms with Crippen molar-refractivity contribution < 1.29 is 4.79 Å². The number of hydrogen-bond donors (Lipinski definition) is 1. The molecule has 19 heavy (non-hydrogen) atoms. The second-order valence-corrected chi connectivity index (χ2v) is 5.85. The van der Waals surface area contributed by atoms with Gasteiger partial charge in [-0.1, -0.05) is 11.6 Å². The molecule has 1 aromatic heterocycles. The summed E-state index contributed by atoms with van der Waals surface area (Å²) >= 11 is 5.98. The smallest absolute Gasteiger partial charge is 0.274 e. The Kier molecular flexibility index (Phi) is 3.41. The van der Waals surface area contributed by atoms with Crippen molar-refractivity contribution in [1.29, 1.82) is 0 Å². The van der Waals surface area contributed by atoms with Crippen LogP contribution in [0.4, 0.5) is 0 Å². The Bertz CT molecular complexity index is 477. The highest BCUT2D eigenvalue weighted by Gasteiger charge is 2.38. The monoisotopic (exact) mass is 280 g/mol. The zero-order valence-electron chi connectivity index (χ0n) is 10.7. The summed E-state index contributed by atoms with van der Waals surface area (Å²) in [6, 6.07) is 0. The molecule has 2 aliphatic heterocycles. The third-order valence-corrected chi connectivity index (χ3v) is 4.59. The second kappa shape index (κ2) is 5.06. The van der Waals surface area contributed by atoms with Crippen molar-refractivity contribution in [3.8, 4) is 0 Å². The number of amides is 1. The molecule has 0 atom stereocenters. The molecular formula is C13H17ClN4O. The van der Waals surface area contributed by atoms with Crippen LogP contribution >= 0.6 is 11.6 Å². The van der Waals surface area contributed by atoms with Gasteiger partial charge in [0.25, 0.3) is 5.91 Å². The van der Waals surface area contributed by atoms with Gasteiger partial charge in [-0.05, 0) is 31.2 Å². The highest BCUT2D eigenvalue weighted by atomic mass is 35.5. The van der Waals surface area contributed by atoms with Gasteiger partial charge in [-0.25, -0.2) is 9.97 Å². The number of nitrogens with zero attached hydrogens (tertiary/aromatic N) is 3. The van der Waals surface area contributed by atoms with E-state index in [-0.39, 0.29) is 5.91 Å². The first-order valence-corrected chi connectivity index (χ1v) is 7.04. The Labute approximate surface area is 117 Å². The predicted molar refractivity (Wildman–Crippen MR) is 72.1 cm³/mol. The number of halogens is 1. The number of piperidine rings is 1. The number of rotatable bonds is 1. The van der Waals surface area contributed by atoms with Crippen molar-refractivity contribution >= 4 is 17.5 Å². The van der Waals surface area contributed by atoms with Gasteiger partial charge >= 0.3 is 0 Å². The lowest BCUT2D eigenvalue weighted by Crippen LogP contribution is -2.44. The Morgan fingerprint density at radius 3 is 2.79 bits per heavy atom. The Balaban J connectivity index is 1.68. The fourth-order valence-electron chi connectivity index (χ4n) is 3.03. The van der Waals surface area contributed by atoms with Crippen LogP contribution < -0.4 is 5.32 Å². The van der Waals surface area contributed by atoms with Crippen LogP contribution in [-0.4, -0.2) is 47.0 Å². The van der Waals surface area contributed by atoms with E-state index in [1.165, 1.54) is 18.9 Å². The van der Waals surface area contributed by atoms with E-state index in [4.69, 9.17) is 11.6 Å². The fourth-order valence-corrected chi connectivity index (χ4v) is 3.21. The van der Waals surface area contributed by atoms with Crippen molar-refractivity contribution in [2.75, 3.05) is 26.2 Å². The normalized spacial score (nSPS) is 21.8. The summed E-state index contributed by atoms with van der Waals surface area (Å²) in [5.74, 6) is -0.0757. The first-order valence-electron chi connectivity index (χ1n) is 6.66. The molecule has 0 bridgehead atoms. The molecule has 2 fully saturated rings. The molecule has 0 radical (unpaired) electrons. The lowest BCUT2D eigenvalue weighted by Gasteiger charge is -2.38. The predicted octanol–water partition coefficient (Wildman–Crippen LogP) is 1.35. The van der Waals surface area contributed by atoms with Crippen LogP contribution in [0.2, 0.25) is 5.02 Å². The van der Waals surface area contributed by atoms with Crippen LogP contribution in [0.1, 0.15) is 29.8 Å². The first-order chi connectivity index (χ1) is 9.20. The van der Waals surface area contributed by atoms with Gasteiger partial charge in [-0.2, -0.15) is 0 Å². The highest BCUT2D eigenvalue weighted by Crippen LogP contribution is 2.37. The van der Waals surface area contributed by atoms with E-state index in [9.17, 15) is 4.79 Å². The van der Waals surface area contributed by atoms with E-state index in [0.717, 1.165) is 39.0 Å². The van der Waals surface area contributed by atoms with Gasteiger partial charge in [0.1, 0.15) is 12.0 Å². The summed E-state index contributed by atoms with van der Waals surface area (Å²) in [5, 5.41) is 3.75. The van der Waals surface area contributed by atoms with E-state index in [1.807, 2.05) is 4.90 Å². The van der Waals surface area contributed by atoms with Crippen LogP contribution in [0.5, 0.6) is 0 Å². The molecule has 5 nitrogen and oxygen atoms in total.